The Morgan fingerprint density at radius 1 is 1.33 bits per heavy atom. The summed E-state index contributed by atoms with van der Waals surface area (Å²) in [4.78, 5) is 23.6. The first-order valence-corrected chi connectivity index (χ1v) is 9.24. The van der Waals surface area contributed by atoms with Crippen molar-refractivity contribution in [2.45, 2.75) is 18.5 Å². The molecule has 2 aliphatic heterocycles. The van der Waals surface area contributed by atoms with Crippen LogP contribution in [0.2, 0.25) is 0 Å². The van der Waals surface area contributed by atoms with Crippen molar-refractivity contribution in [1.29, 1.82) is 0 Å². The molecule has 2 saturated heterocycles. The zero-order valence-electron chi connectivity index (χ0n) is 14.2. The summed E-state index contributed by atoms with van der Waals surface area (Å²) in [6.45, 7) is 4.15. The number of rotatable bonds is 3. The Hall–Kier alpha value is -1.70. The molecule has 0 N–H and O–H groups in total. The summed E-state index contributed by atoms with van der Waals surface area (Å²) in [5, 5.41) is 4.10. The van der Waals surface area contributed by atoms with Gasteiger partial charge in [0.2, 0.25) is 5.91 Å². The monoisotopic (exact) mass is 345 g/mol. The fourth-order valence-electron chi connectivity index (χ4n) is 3.87. The average molecular weight is 345 g/mol. The number of likely N-dealkylation sites (tertiary alicyclic amines) is 1. The third-order valence-electron chi connectivity index (χ3n) is 5.45. The van der Waals surface area contributed by atoms with Crippen molar-refractivity contribution in [1.82, 2.24) is 19.4 Å². The highest BCUT2D eigenvalue weighted by Gasteiger charge is 2.47. The van der Waals surface area contributed by atoms with E-state index < -0.39 is 0 Å². The quantitative estimate of drug-likeness (QED) is 0.844. The number of hydrogen-bond acceptors (Lipinski definition) is 5. The lowest BCUT2D eigenvalue weighted by atomic mass is 9.93. The molecule has 7 heteroatoms. The van der Waals surface area contributed by atoms with E-state index >= 15 is 0 Å². The lowest BCUT2D eigenvalue weighted by molar-refractivity contribution is -0.123. The minimum Gasteiger partial charge on any atom is -0.337 e. The molecule has 0 aliphatic carbocycles. The SMILES string of the molecule is CN1CC(=O)N(c2ccsc2)C[C@]12CCN(Cc1nccn1C)C2. The second-order valence-electron chi connectivity index (χ2n) is 6.96. The largest absolute Gasteiger partial charge is 0.337 e. The van der Waals surface area contributed by atoms with E-state index in [1.807, 2.05) is 35.8 Å². The summed E-state index contributed by atoms with van der Waals surface area (Å²) in [5.41, 5.74) is 1.08. The summed E-state index contributed by atoms with van der Waals surface area (Å²) in [6.07, 6.45) is 4.93. The number of aryl methyl sites for hydroxylation is 1. The summed E-state index contributed by atoms with van der Waals surface area (Å²) >= 11 is 1.64. The van der Waals surface area contributed by atoms with E-state index in [1.165, 1.54) is 0 Å². The molecule has 4 rings (SSSR count). The van der Waals surface area contributed by atoms with Crippen molar-refractivity contribution >= 4 is 22.9 Å². The molecule has 0 bridgehead atoms. The third kappa shape index (κ3) is 2.66. The molecule has 128 valence electrons. The van der Waals surface area contributed by atoms with Gasteiger partial charge in [0.15, 0.2) is 0 Å². The maximum Gasteiger partial charge on any atom is 0.241 e. The molecule has 2 fully saturated rings. The van der Waals surface area contributed by atoms with Crippen molar-refractivity contribution in [2.24, 2.45) is 7.05 Å². The van der Waals surface area contributed by atoms with E-state index in [1.54, 1.807) is 11.3 Å². The van der Waals surface area contributed by atoms with Crippen LogP contribution in [0, 0.1) is 0 Å². The predicted octanol–water partition coefficient (Wildman–Crippen LogP) is 1.40. The molecule has 0 unspecified atom stereocenters. The van der Waals surface area contributed by atoms with Crippen LogP contribution in [-0.4, -0.2) is 64.0 Å². The van der Waals surface area contributed by atoms with E-state index in [9.17, 15) is 4.79 Å². The lowest BCUT2D eigenvalue weighted by Gasteiger charge is -2.46. The number of piperazine rings is 1. The Morgan fingerprint density at radius 3 is 2.92 bits per heavy atom. The van der Waals surface area contributed by atoms with E-state index in [0.717, 1.165) is 44.1 Å². The number of likely N-dealkylation sites (N-methyl/N-ethyl adjacent to an activating group) is 1. The normalized spacial score (nSPS) is 25.9. The smallest absolute Gasteiger partial charge is 0.241 e. The first-order valence-electron chi connectivity index (χ1n) is 8.30. The molecule has 1 amide bonds. The predicted molar refractivity (Wildman–Crippen MR) is 95.1 cm³/mol. The molecule has 0 saturated carbocycles. The van der Waals surface area contributed by atoms with Crippen molar-refractivity contribution in [3.8, 4) is 0 Å². The van der Waals surface area contributed by atoms with Gasteiger partial charge in [-0.25, -0.2) is 4.98 Å². The summed E-state index contributed by atoms with van der Waals surface area (Å²) in [5.74, 6) is 1.29. The zero-order valence-corrected chi connectivity index (χ0v) is 15.0. The standard InChI is InChI=1S/C17H23N5OS/c1-19-7-5-18-15(19)9-21-6-4-17(12-21)13-22(14-3-8-24-11-14)16(23)10-20(17)2/h3,5,7-8,11H,4,6,9-10,12-13H2,1-2H3/t17-/m1/s1. The lowest BCUT2D eigenvalue weighted by Crippen LogP contribution is -2.64. The molecule has 2 aliphatic rings. The van der Waals surface area contributed by atoms with Gasteiger partial charge in [-0.15, -0.1) is 0 Å². The summed E-state index contributed by atoms with van der Waals surface area (Å²) < 4.78 is 2.08. The topological polar surface area (TPSA) is 44.6 Å². The highest BCUT2D eigenvalue weighted by Crippen LogP contribution is 2.34. The summed E-state index contributed by atoms with van der Waals surface area (Å²) in [6, 6.07) is 2.04. The van der Waals surface area contributed by atoms with Crippen LogP contribution >= 0.6 is 11.3 Å². The Kier molecular flexibility index (Phi) is 3.94. The van der Waals surface area contributed by atoms with Gasteiger partial charge in [0.25, 0.3) is 0 Å². The molecular weight excluding hydrogens is 322 g/mol. The first kappa shape index (κ1) is 15.8. The van der Waals surface area contributed by atoms with Gasteiger partial charge in [0.1, 0.15) is 5.82 Å². The minimum absolute atomic E-state index is 0.0427. The van der Waals surface area contributed by atoms with E-state index in [2.05, 4.69) is 31.8 Å². The van der Waals surface area contributed by atoms with Crippen molar-refractivity contribution in [2.75, 3.05) is 38.1 Å². The van der Waals surface area contributed by atoms with Gasteiger partial charge >= 0.3 is 0 Å². The Labute approximate surface area is 146 Å². The number of nitrogens with zero attached hydrogens (tertiary/aromatic N) is 5. The number of hydrogen-bond donors (Lipinski definition) is 0. The third-order valence-corrected chi connectivity index (χ3v) is 6.12. The van der Waals surface area contributed by atoms with Gasteiger partial charge in [-0.2, -0.15) is 11.3 Å². The van der Waals surface area contributed by atoms with Crippen LogP contribution in [0.1, 0.15) is 12.2 Å². The first-order chi connectivity index (χ1) is 11.6. The number of carbonyl (C=O) groups excluding carboxylic acids is 1. The van der Waals surface area contributed by atoms with Gasteiger partial charge in [-0.05, 0) is 24.9 Å². The van der Waals surface area contributed by atoms with Crippen LogP contribution in [0.3, 0.4) is 0 Å². The van der Waals surface area contributed by atoms with Crippen molar-refractivity contribution < 1.29 is 4.79 Å². The molecule has 2 aromatic heterocycles. The van der Waals surface area contributed by atoms with Gasteiger partial charge in [0.05, 0.1) is 24.3 Å². The van der Waals surface area contributed by atoms with E-state index in [4.69, 9.17) is 0 Å². The molecule has 1 spiro atoms. The maximum absolute atomic E-state index is 12.5. The number of carbonyl (C=O) groups is 1. The minimum atomic E-state index is 0.0427. The van der Waals surface area contributed by atoms with E-state index in [0.29, 0.717) is 6.54 Å². The second kappa shape index (κ2) is 5.98. The molecule has 1 atom stereocenters. The van der Waals surface area contributed by atoms with Crippen LogP contribution in [0.25, 0.3) is 0 Å². The van der Waals surface area contributed by atoms with Crippen molar-refractivity contribution in [3.05, 3.63) is 35.0 Å². The Balaban J connectivity index is 1.51. The molecule has 4 heterocycles. The van der Waals surface area contributed by atoms with Crippen molar-refractivity contribution in [3.63, 3.8) is 0 Å². The highest BCUT2D eigenvalue weighted by atomic mass is 32.1. The zero-order chi connectivity index (χ0) is 16.7. The molecule has 6 nitrogen and oxygen atoms in total. The summed E-state index contributed by atoms with van der Waals surface area (Å²) in [7, 11) is 4.13. The van der Waals surface area contributed by atoms with Crippen LogP contribution in [0.4, 0.5) is 5.69 Å². The molecule has 2 aromatic rings. The fourth-order valence-corrected chi connectivity index (χ4v) is 4.51. The fraction of sp³-hybridized carbons (Fsp3) is 0.529. The maximum atomic E-state index is 12.5. The van der Waals surface area contributed by atoms with Crippen LogP contribution in [-0.2, 0) is 18.4 Å². The highest BCUT2D eigenvalue weighted by molar-refractivity contribution is 7.08. The average Bonchev–Trinajstić information content (AvgIpc) is 3.27. The molecule has 24 heavy (non-hydrogen) atoms. The van der Waals surface area contributed by atoms with Gasteiger partial charge < -0.3 is 9.47 Å². The van der Waals surface area contributed by atoms with Crippen LogP contribution in [0.15, 0.2) is 29.2 Å². The number of imidazole rings is 1. The number of amides is 1. The van der Waals surface area contributed by atoms with Crippen LogP contribution in [0.5, 0.6) is 0 Å². The van der Waals surface area contributed by atoms with Gasteiger partial charge in [-0.1, -0.05) is 0 Å². The van der Waals surface area contributed by atoms with E-state index in [-0.39, 0.29) is 11.4 Å². The number of aromatic nitrogens is 2. The second-order valence-corrected chi connectivity index (χ2v) is 7.74. The molecular formula is C17H23N5OS. The van der Waals surface area contributed by atoms with Crippen LogP contribution < -0.4 is 4.90 Å². The van der Waals surface area contributed by atoms with Gasteiger partial charge in [0, 0.05) is 44.5 Å². The number of anilines is 1. The molecule has 0 radical (unpaired) electrons. The Bertz CT molecular complexity index is 727. The Morgan fingerprint density at radius 2 is 2.21 bits per heavy atom. The molecule has 0 aromatic carbocycles. The number of thiophene rings is 1. The van der Waals surface area contributed by atoms with Gasteiger partial charge in [-0.3, -0.25) is 14.6 Å².